The van der Waals surface area contributed by atoms with Gasteiger partial charge in [-0.1, -0.05) is 12.1 Å². The Bertz CT molecular complexity index is 882. The quantitative estimate of drug-likeness (QED) is 0.444. The van der Waals surface area contributed by atoms with Gasteiger partial charge in [-0.05, 0) is 17.2 Å². The van der Waals surface area contributed by atoms with Gasteiger partial charge in [0.2, 0.25) is 17.7 Å². The predicted molar refractivity (Wildman–Crippen MR) is 99.4 cm³/mol. The standard InChI is InChI=1S/C17H19N5O4S/c18-16(26)12-4-9-1-2-13(23)10(3-9)5-11-6-20-17(27-11)21-7-14(24)19-8-15(25)22-12/h1-3,6,12,23H,4-5,7-8H2,(H2,18,26)(H,19,24)(H,20,21)(H,22,25)/t12-/m0/s1. The van der Waals surface area contributed by atoms with E-state index in [1.54, 1.807) is 24.4 Å². The van der Waals surface area contributed by atoms with E-state index in [2.05, 4.69) is 20.9 Å². The maximum absolute atomic E-state index is 12.0. The van der Waals surface area contributed by atoms with Crippen molar-refractivity contribution in [1.29, 1.82) is 0 Å². The average molecular weight is 389 g/mol. The Morgan fingerprint density at radius 3 is 2.78 bits per heavy atom. The van der Waals surface area contributed by atoms with Gasteiger partial charge in [0.25, 0.3) is 0 Å². The molecule has 0 radical (unpaired) electrons. The number of amides is 3. The van der Waals surface area contributed by atoms with Gasteiger partial charge in [0.1, 0.15) is 11.8 Å². The van der Waals surface area contributed by atoms with Crippen molar-refractivity contribution in [2.75, 3.05) is 18.4 Å². The highest BCUT2D eigenvalue weighted by molar-refractivity contribution is 7.15. The molecule has 1 aromatic heterocycles. The Kier molecular flexibility index (Phi) is 5.55. The molecule has 27 heavy (non-hydrogen) atoms. The number of carbonyl (C=O) groups excluding carboxylic acids is 3. The number of nitrogens with zero attached hydrogens (tertiary/aromatic N) is 1. The van der Waals surface area contributed by atoms with Gasteiger partial charge in [-0.2, -0.15) is 0 Å². The molecule has 4 bridgehead atoms. The van der Waals surface area contributed by atoms with E-state index in [-0.39, 0.29) is 31.2 Å². The third kappa shape index (κ3) is 4.94. The molecular weight excluding hydrogens is 370 g/mol. The van der Waals surface area contributed by atoms with E-state index in [1.165, 1.54) is 11.3 Å². The molecule has 2 heterocycles. The van der Waals surface area contributed by atoms with Crippen molar-refractivity contribution in [3.63, 3.8) is 0 Å². The highest BCUT2D eigenvalue weighted by Gasteiger charge is 2.20. The topological polar surface area (TPSA) is 146 Å². The highest BCUT2D eigenvalue weighted by Crippen LogP contribution is 2.26. The van der Waals surface area contributed by atoms with Gasteiger partial charge < -0.3 is 26.8 Å². The molecule has 0 fully saturated rings. The molecule has 1 aliphatic rings. The number of nitrogens with two attached hydrogens (primary N) is 1. The Balaban J connectivity index is 1.91. The van der Waals surface area contributed by atoms with Crippen LogP contribution in [-0.4, -0.2) is 46.9 Å². The number of rotatable bonds is 1. The van der Waals surface area contributed by atoms with E-state index in [0.29, 0.717) is 17.1 Å². The number of phenolic OH excluding ortho intramolecular Hbond substituents is 1. The minimum atomic E-state index is -0.923. The second-order valence-corrected chi connectivity index (χ2v) is 7.24. The van der Waals surface area contributed by atoms with Crippen LogP contribution in [0, 0.1) is 0 Å². The molecule has 1 atom stereocenters. The first-order valence-electron chi connectivity index (χ1n) is 8.25. The van der Waals surface area contributed by atoms with Crippen LogP contribution in [0.1, 0.15) is 16.0 Å². The summed E-state index contributed by atoms with van der Waals surface area (Å²) in [7, 11) is 0. The molecule has 0 saturated heterocycles. The van der Waals surface area contributed by atoms with Crippen molar-refractivity contribution in [3.05, 3.63) is 40.4 Å². The number of carbonyl (C=O) groups is 3. The van der Waals surface area contributed by atoms with Crippen LogP contribution in [0.15, 0.2) is 24.4 Å². The summed E-state index contributed by atoms with van der Waals surface area (Å²) in [5, 5.41) is 18.6. The molecule has 2 aromatic rings. The number of phenols is 1. The van der Waals surface area contributed by atoms with Crippen LogP contribution in [0.3, 0.4) is 0 Å². The Morgan fingerprint density at radius 2 is 2.00 bits per heavy atom. The van der Waals surface area contributed by atoms with Crippen molar-refractivity contribution in [3.8, 4) is 5.75 Å². The molecule has 0 spiro atoms. The lowest BCUT2D eigenvalue weighted by Crippen LogP contribution is -2.49. The summed E-state index contributed by atoms with van der Waals surface area (Å²) in [6.07, 6.45) is 2.29. The second-order valence-electron chi connectivity index (χ2n) is 6.13. The normalized spacial score (nSPS) is 18.1. The first-order valence-corrected chi connectivity index (χ1v) is 9.07. The minimum absolute atomic E-state index is 0.0415. The minimum Gasteiger partial charge on any atom is -0.508 e. The fraction of sp³-hybridized carbons (Fsp3) is 0.294. The highest BCUT2D eigenvalue weighted by atomic mass is 32.1. The van der Waals surface area contributed by atoms with Gasteiger partial charge in [-0.25, -0.2) is 4.98 Å². The summed E-state index contributed by atoms with van der Waals surface area (Å²) in [6, 6.07) is 4.07. The number of anilines is 1. The second kappa shape index (κ2) is 8.04. The first-order chi connectivity index (χ1) is 12.9. The van der Waals surface area contributed by atoms with Crippen LogP contribution in [-0.2, 0) is 27.2 Å². The Hall–Kier alpha value is -3.14. The van der Waals surface area contributed by atoms with E-state index >= 15 is 0 Å². The molecular formula is C17H19N5O4S. The van der Waals surface area contributed by atoms with Crippen LogP contribution in [0.25, 0.3) is 0 Å². The molecule has 3 rings (SSSR count). The summed E-state index contributed by atoms with van der Waals surface area (Å²) >= 11 is 1.37. The lowest BCUT2D eigenvalue weighted by molar-refractivity contribution is -0.128. The summed E-state index contributed by atoms with van der Waals surface area (Å²) < 4.78 is 0. The zero-order chi connectivity index (χ0) is 19.4. The summed E-state index contributed by atoms with van der Waals surface area (Å²) in [4.78, 5) is 40.6. The number of aromatic nitrogens is 1. The zero-order valence-electron chi connectivity index (χ0n) is 14.3. The van der Waals surface area contributed by atoms with Crippen molar-refractivity contribution in [2.24, 2.45) is 5.73 Å². The van der Waals surface area contributed by atoms with E-state index < -0.39 is 17.9 Å². The number of benzene rings is 1. The molecule has 0 aliphatic carbocycles. The monoisotopic (exact) mass is 389 g/mol. The average Bonchev–Trinajstić information content (AvgIpc) is 3.07. The van der Waals surface area contributed by atoms with Gasteiger partial charge in [0.15, 0.2) is 5.13 Å². The fourth-order valence-electron chi connectivity index (χ4n) is 2.67. The number of fused-ring (bicyclic) bond motifs is 4. The van der Waals surface area contributed by atoms with Crippen molar-refractivity contribution in [1.82, 2.24) is 15.6 Å². The Labute approximate surface area is 159 Å². The third-order valence-corrected chi connectivity index (χ3v) is 4.98. The van der Waals surface area contributed by atoms with Gasteiger partial charge in [-0.15, -0.1) is 11.3 Å². The number of hydrogen-bond acceptors (Lipinski definition) is 7. The van der Waals surface area contributed by atoms with Crippen LogP contribution in [0.5, 0.6) is 5.75 Å². The summed E-state index contributed by atoms with van der Waals surface area (Å²) in [6.45, 7) is -0.311. The maximum Gasteiger partial charge on any atom is 0.240 e. The predicted octanol–water partition coefficient (Wildman–Crippen LogP) is -0.506. The SMILES string of the molecule is NC(=O)[C@@H]1Cc2ccc(O)c(c2)Cc2cnc(s2)NCC(=O)NCC(=O)N1. The van der Waals surface area contributed by atoms with E-state index in [0.717, 1.165) is 10.4 Å². The first kappa shape index (κ1) is 18.6. The summed E-state index contributed by atoms with van der Waals surface area (Å²) in [5.74, 6) is -1.46. The third-order valence-electron chi connectivity index (χ3n) is 4.03. The van der Waals surface area contributed by atoms with Gasteiger partial charge in [0.05, 0.1) is 13.1 Å². The van der Waals surface area contributed by atoms with Crippen LogP contribution in [0.2, 0.25) is 0 Å². The van der Waals surface area contributed by atoms with Gasteiger partial charge in [0, 0.05) is 23.9 Å². The molecule has 0 unspecified atom stereocenters. The largest absolute Gasteiger partial charge is 0.508 e. The number of aromatic hydroxyl groups is 1. The molecule has 6 N–H and O–H groups in total. The van der Waals surface area contributed by atoms with E-state index in [9.17, 15) is 19.5 Å². The Morgan fingerprint density at radius 1 is 1.22 bits per heavy atom. The van der Waals surface area contributed by atoms with E-state index in [1.807, 2.05) is 0 Å². The maximum atomic E-state index is 12.0. The van der Waals surface area contributed by atoms with Crippen molar-refractivity contribution < 1.29 is 19.5 Å². The van der Waals surface area contributed by atoms with Gasteiger partial charge >= 0.3 is 0 Å². The molecule has 9 nitrogen and oxygen atoms in total. The number of primary amides is 1. The van der Waals surface area contributed by atoms with E-state index in [4.69, 9.17) is 5.73 Å². The molecule has 3 amide bonds. The van der Waals surface area contributed by atoms with Gasteiger partial charge in [-0.3, -0.25) is 14.4 Å². The molecule has 10 heteroatoms. The van der Waals surface area contributed by atoms with Crippen molar-refractivity contribution in [2.45, 2.75) is 18.9 Å². The molecule has 1 aliphatic heterocycles. The molecule has 142 valence electrons. The number of hydrogen-bond donors (Lipinski definition) is 5. The lowest BCUT2D eigenvalue weighted by atomic mass is 10.0. The number of thiazole rings is 1. The smallest absolute Gasteiger partial charge is 0.240 e. The lowest BCUT2D eigenvalue weighted by Gasteiger charge is -2.17. The van der Waals surface area contributed by atoms with Crippen LogP contribution >= 0.6 is 11.3 Å². The molecule has 1 aromatic carbocycles. The van der Waals surface area contributed by atoms with Crippen LogP contribution < -0.4 is 21.7 Å². The number of nitrogens with one attached hydrogen (secondary N) is 3. The summed E-state index contributed by atoms with van der Waals surface area (Å²) in [5.41, 5.74) is 6.80. The molecule has 0 saturated carbocycles. The fourth-order valence-corrected chi connectivity index (χ4v) is 3.50. The van der Waals surface area contributed by atoms with Crippen LogP contribution in [0.4, 0.5) is 5.13 Å². The zero-order valence-corrected chi connectivity index (χ0v) is 15.1. The van der Waals surface area contributed by atoms with Crippen molar-refractivity contribution >= 4 is 34.2 Å².